The zero-order chi connectivity index (χ0) is 33.2. The first-order valence-corrected chi connectivity index (χ1v) is 15.9. The lowest BCUT2D eigenvalue weighted by Gasteiger charge is -2.24. The number of hydrogen-bond acceptors (Lipinski definition) is 6. The number of ether oxygens (including phenoxy) is 3. The van der Waals surface area contributed by atoms with Crippen molar-refractivity contribution in [2.75, 3.05) is 26.7 Å². The molecule has 0 spiro atoms. The Labute approximate surface area is 264 Å². The average molecular weight is 625 g/mol. The Balaban J connectivity index is 0.000000476. The van der Waals surface area contributed by atoms with Gasteiger partial charge in [-0.3, -0.25) is 0 Å². The number of benzene rings is 3. The summed E-state index contributed by atoms with van der Waals surface area (Å²) in [6, 6.07) is 24.6. The van der Waals surface area contributed by atoms with E-state index in [1.165, 1.54) is 22.5 Å². The van der Waals surface area contributed by atoms with Crippen molar-refractivity contribution in [3.8, 4) is 24.3 Å². The summed E-state index contributed by atoms with van der Waals surface area (Å²) in [5, 5.41) is 2.65. The van der Waals surface area contributed by atoms with E-state index in [1.807, 2.05) is 44.2 Å². The molecule has 3 aromatic carbocycles. The number of methoxy groups -OCH3 is 1. The molecule has 1 N–H and O–H groups in total. The van der Waals surface area contributed by atoms with Crippen LogP contribution in [0.3, 0.4) is 0 Å². The maximum absolute atomic E-state index is 13.0. The summed E-state index contributed by atoms with van der Waals surface area (Å²) in [5.41, 5.74) is 1.88. The average Bonchev–Trinajstić information content (AvgIpc) is 2.99. The molecule has 3 aromatic rings. The van der Waals surface area contributed by atoms with Gasteiger partial charge >= 0.3 is 6.09 Å². The minimum absolute atomic E-state index is 0.178. The fraction of sp³-hybridized carbons (Fsp3) is 0.400. The van der Waals surface area contributed by atoms with Gasteiger partial charge in [-0.2, -0.15) is 4.31 Å². The maximum Gasteiger partial charge on any atom is 0.407 e. The van der Waals surface area contributed by atoms with Gasteiger partial charge < -0.3 is 19.5 Å². The van der Waals surface area contributed by atoms with E-state index in [0.717, 1.165) is 5.75 Å². The number of nitrogens with zero attached hydrogens (tertiary/aromatic N) is 1. The summed E-state index contributed by atoms with van der Waals surface area (Å²) in [7, 11) is -2.08. The van der Waals surface area contributed by atoms with E-state index < -0.39 is 21.7 Å². The van der Waals surface area contributed by atoms with Crippen molar-refractivity contribution in [1.29, 1.82) is 0 Å². The normalized spacial score (nSPS) is 11.0. The Hall–Kier alpha value is -4.00. The fourth-order valence-electron chi connectivity index (χ4n) is 3.75. The van der Waals surface area contributed by atoms with Crippen LogP contribution in [-0.4, -0.2) is 51.2 Å². The van der Waals surface area contributed by atoms with E-state index in [0.29, 0.717) is 38.4 Å². The summed E-state index contributed by atoms with van der Waals surface area (Å²) < 4.78 is 43.3. The highest BCUT2D eigenvalue weighted by Crippen LogP contribution is 2.21. The Bertz CT molecular complexity index is 1350. The molecular weight excluding hydrogens is 576 g/mol. The fourth-order valence-corrected chi connectivity index (χ4v) is 5.39. The van der Waals surface area contributed by atoms with Crippen molar-refractivity contribution in [3.05, 3.63) is 90.0 Å². The van der Waals surface area contributed by atoms with Crippen molar-refractivity contribution in [3.63, 3.8) is 0 Å². The summed E-state index contributed by atoms with van der Waals surface area (Å²) >= 11 is 0. The third-order valence-corrected chi connectivity index (χ3v) is 7.67. The van der Waals surface area contributed by atoms with Gasteiger partial charge in [-0.1, -0.05) is 61.9 Å². The van der Waals surface area contributed by atoms with E-state index >= 15 is 0 Å². The van der Waals surface area contributed by atoms with Gasteiger partial charge in [0.2, 0.25) is 10.0 Å². The number of rotatable bonds is 12. The SMILES string of the molecule is C#C.COc1ccc(S(=O)(=O)N(CCCNC(=O)OC(C)(C)C)CC(C)C)cc1.Cc1ccc(OCc2ccccc2)cc1. The first-order chi connectivity index (χ1) is 20.8. The quantitative estimate of drug-likeness (QED) is 0.171. The molecule has 240 valence electrons. The lowest BCUT2D eigenvalue weighted by atomic mass is 10.2. The van der Waals surface area contributed by atoms with Crippen LogP contribution in [-0.2, 0) is 21.4 Å². The van der Waals surface area contributed by atoms with Crippen molar-refractivity contribution in [1.82, 2.24) is 9.62 Å². The molecule has 0 aliphatic carbocycles. The van der Waals surface area contributed by atoms with Crippen LogP contribution in [0.15, 0.2) is 83.8 Å². The molecule has 1 amide bonds. The molecule has 0 heterocycles. The van der Waals surface area contributed by atoms with Gasteiger partial charge in [0.1, 0.15) is 23.7 Å². The molecule has 0 unspecified atom stereocenters. The lowest BCUT2D eigenvalue weighted by Crippen LogP contribution is -2.37. The first kappa shape index (κ1) is 38.0. The van der Waals surface area contributed by atoms with Gasteiger partial charge in [-0.25, -0.2) is 13.2 Å². The van der Waals surface area contributed by atoms with E-state index in [-0.39, 0.29) is 10.8 Å². The molecule has 0 bridgehead atoms. The number of aryl methyl sites for hydroxylation is 1. The van der Waals surface area contributed by atoms with E-state index in [2.05, 4.69) is 49.4 Å². The van der Waals surface area contributed by atoms with Crippen molar-refractivity contribution in [2.24, 2.45) is 5.92 Å². The highest BCUT2D eigenvalue weighted by atomic mass is 32.2. The Kier molecular flexibility index (Phi) is 16.7. The summed E-state index contributed by atoms with van der Waals surface area (Å²) in [4.78, 5) is 11.9. The molecule has 0 aliphatic rings. The number of sulfonamides is 1. The molecule has 9 heteroatoms. The molecule has 0 atom stereocenters. The zero-order valence-electron chi connectivity index (χ0n) is 27.1. The molecule has 8 nitrogen and oxygen atoms in total. The second-order valence-corrected chi connectivity index (χ2v) is 13.2. The van der Waals surface area contributed by atoms with Gasteiger partial charge in [-0.05, 0) is 82.0 Å². The van der Waals surface area contributed by atoms with Crippen LogP contribution >= 0.6 is 0 Å². The largest absolute Gasteiger partial charge is 0.497 e. The lowest BCUT2D eigenvalue weighted by molar-refractivity contribution is 0.0526. The van der Waals surface area contributed by atoms with Crippen LogP contribution in [0.4, 0.5) is 4.79 Å². The molecular formula is C35H48N2O6S. The topological polar surface area (TPSA) is 94.2 Å². The monoisotopic (exact) mass is 624 g/mol. The Morgan fingerprint density at radius 3 is 2.00 bits per heavy atom. The van der Waals surface area contributed by atoms with Crippen molar-refractivity contribution < 1.29 is 27.4 Å². The van der Waals surface area contributed by atoms with Crippen LogP contribution in [0.5, 0.6) is 11.5 Å². The minimum Gasteiger partial charge on any atom is -0.497 e. The Morgan fingerprint density at radius 1 is 0.909 bits per heavy atom. The Morgan fingerprint density at radius 2 is 1.48 bits per heavy atom. The van der Waals surface area contributed by atoms with E-state index in [4.69, 9.17) is 14.2 Å². The third-order valence-electron chi connectivity index (χ3n) is 5.79. The molecule has 0 aliphatic heterocycles. The first-order valence-electron chi connectivity index (χ1n) is 14.5. The summed E-state index contributed by atoms with van der Waals surface area (Å²) in [5.74, 6) is 1.70. The number of nitrogens with one attached hydrogen (secondary N) is 1. The summed E-state index contributed by atoms with van der Waals surface area (Å²) in [6.07, 6.45) is 7.98. The zero-order valence-corrected chi connectivity index (χ0v) is 27.9. The van der Waals surface area contributed by atoms with Crippen LogP contribution in [0.2, 0.25) is 0 Å². The van der Waals surface area contributed by atoms with Gasteiger partial charge in [0, 0.05) is 19.6 Å². The van der Waals surface area contributed by atoms with Crippen LogP contribution in [0.1, 0.15) is 52.2 Å². The van der Waals surface area contributed by atoms with Gasteiger partial charge in [0.25, 0.3) is 0 Å². The molecule has 0 saturated heterocycles. The summed E-state index contributed by atoms with van der Waals surface area (Å²) in [6.45, 7) is 13.1. The predicted octanol–water partition coefficient (Wildman–Crippen LogP) is 7.08. The number of carbonyl (C=O) groups is 1. The van der Waals surface area contributed by atoms with Crippen LogP contribution in [0.25, 0.3) is 0 Å². The molecule has 44 heavy (non-hydrogen) atoms. The van der Waals surface area contributed by atoms with Crippen LogP contribution < -0.4 is 14.8 Å². The van der Waals surface area contributed by atoms with E-state index in [1.54, 1.807) is 45.0 Å². The number of terminal acetylenes is 1. The predicted molar refractivity (Wildman–Crippen MR) is 177 cm³/mol. The smallest absolute Gasteiger partial charge is 0.407 e. The number of alkyl carbamates (subject to hydrolysis) is 1. The van der Waals surface area contributed by atoms with Gasteiger partial charge in [0.05, 0.1) is 12.0 Å². The van der Waals surface area contributed by atoms with Crippen molar-refractivity contribution in [2.45, 2.75) is 65.1 Å². The highest BCUT2D eigenvalue weighted by Gasteiger charge is 2.25. The molecule has 0 radical (unpaired) electrons. The maximum atomic E-state index is 13.0. The van der Waals surface area contributed by atoms with E-state index in [9.17, 15) is 13.2 Å². The molecule has 0 fully saturated rings. The second-order valence-electron chi connectivity index (χ2n) is 11.3. The van der Waals surface area contributed by atoms with Crippen LogP contribution in [0, 0.1) is 25.7 Å². The standard InChI is InChI=1S/C19H32N2O5S.C14H14O.C2H2/c1-15(2)14-21(13-7-12-20-18(22)26-19(3,4)5)27(23,24)17-10-8-16(25-6)9-11-17;1-12-7-9-14(10-8-12)15-11-13-5-3-2-4-6-13;1-2/h8-11,15H,7,12-14H2,1-6H3,(H,20,22);2-10H,11H2,1H3;1-2H. The molecule has 0 aromatic heterocycles. The highest BCUT2D eigenvalue weighted by molar-refractivity contribution is 7.89. The molecule has 3 rings (SSSR count). The van der Waals surface area contributed by atoms with Gasteiger partial charge in [-0.15, -0.1) is 12.8 Å². The second kappa shape index (κ2) is 19.3. The number of amides is 1. The number of hydrogen-bond donors (Lipinski definition) is 1. The van der Waals surface area contributed by atoms with Crippen molar-refractivity contribution >= 4 is 16.1 Å². The molecule has 0 saturated carbocycles. The van der Waals surface area contributed by atoms with Gasteiger partial charge in [0.15, 0.2) is 0 Å². The minimum atomic E-state index is -3.62. The number of carbonyl (C=O) groups excluding carboxylic acids is 1. The third kappa shape index (κ3) is 14.9.